The number of amides is 1. The first-order chi connectivity index (χ1) is 13.0. The molecule has 0 radical (unpaired) electrons. The largest absolute Gasteiger partial charge is 0.322 e. The van der Waals surface area contributed by atoms with Crippen LogP contribution in [0, 0.1) is 18.6 Å². The molecule has 27 heavy (non-hydrogen) atoms. The third-order valence-electron chi connectivity index (χ3n) is 4.29. The molecule has 4 nitrogen and oxygen atoms in total. The van der Waals surface area contributed by atoms with Crippen LogP contribution in [0.1, 0.15) is 15.9 Å². The Labute approximate surface area is 154 Å². The second-order valence-electron chi connectivity index (χ2n) is 6.20. The molecule has 0 unspecified atom stereocenters. The summed E-state index contributed by atoms with van der Waals surface area (Å²) in [5.74, 6) is -2.15. The van der Waals surface area contributed by atoms with E-state index in [-0.39, 0.29) is 5.56 Å². The van der Waals surface area contributed by atoms with Crippen LogP contribution in [-0.4, -0.2) is 15.3 Å². The molecule has 2 aromatic heterocycles. The van der Waals surface area contributed by atoms with Gasteiger partial charge in [-0.15, -0.1) is 0 Å². The number of anilines is 1. The number of pyridine rings is 1. The number of carbonyl (C=O) groups excluding carboxylic acids is 1. The fourth-order valence-electron chi connectivity index (χ4n) is 2.89. The number of aromatic nitrogens is 2. The lowest BCUT2D eigenvalue weighted by Crippen LogP contribution is -2.14. The van der Waals surface area contributed by atoms with E-state index in [0.29, 0.717) is 5.69 Å². The van der Waals surface area contributed by atoms with Crippen molar-refractivity contribution in [1.29, 1.82) is 0 Å². The highest BCUT2D eigenvalue weighted by atomic mass is 19.1. The van der Waals surface area contributed by atoms with Gasteiger partial charge in [0.05, 0.1) is 11.3 Å². The minimum atomic E-state index is -0.773. The topological polar surface area (TPSA) is 46.4 Å². The zero-order valence-corrected chi connectivity index (χ0v) is 14.4. The number of nitrogens with one attached hydrogen (secondary N) is 1. The molecule has 0 aliphatic heterocycles. The fraction of sp³-hybridized carbons (Fsp3) is 0.0476. The van der Waals surface area contributed by atoms with Crippen LogP contribution in [0.2, 0.25) is 0 Å². The predicted octanol–water partition coefficient (Wildman–Crippen LogP) is 4.84. The minimum absolute atomic E-state index is 0.338. The Morgan fingerprint density at radius 2 is 1.85 bits per heavy atom. The summed E-state index contributed by atoms with van der Waals surface area (Å²) in [5, 5.41) is 2.57. The number of benzene rings is 2. The summed E-state index contributed by atoms with van der Waals surface area (Å²) in [6, 6.07) is 13.7. The smallest absolute Gasteiger partial charge is 0.258 e. The van der Waals surface area contributed by atoms with Gasteiger partial charge in [-0.1, -0.05) is 18.2 Å². The number of aryl methyl sites for hydroxylation is 1. The van der Waals surface area contributed by atoms with Crippen molar-refractivity contribution in [3.05, 3.63) is 89.8 Å². The molecule has 4 aromatic rings. The van der Waals surface area contributed by atoms with Crippen LogP contribution in [0.5, 0.6) is 0 Å². The Hall–Kier alpha value is -3.54. The highest BCUT2D eigenvalue weighted by molar-refractivity contribution is 6.04. The van der Waals surface area contributed by atoms with Crippen LogP contribution >= 0.6 is 0 Å². The zero-order valence-electron chi connectivity index (χ0n) is 14.4. The second kappa shape index (κ2) is 6.64. The summed E-state index contributed by atoms with van der Waals surface area (Å²) < 4.78 is 28.9. The third kappa shape index (κ3) is 3.29. The van der Waals surface area contributed by atoms with Crippen molar-refractivity contribution in [1.82, 2.24) is 9.38 Å². The highest BCUT2D eigenvalue weighted by Gasteiger charge is 2.13. The van der Waals surface area contributed by atoms with E-state index in [4.69, 9.17) is 0 Å². The van der Waals surface area contributed by atoms with Crippen LogP contribution in [-0.2, 0) is 0 Å². The molecule has 4 rings (SSSR count). The zero-order chi connectivity index (χ0) is 19.0. The molecule has 134 valence electrons. The van der Waals surface area contributed by atoms with Crippen LogP contribution in [0.15, 0.2) is 67.0 Å². The predicted molar refractivity (Wildman–Crippen MR) is 99.7 cm³/mol. The molecule has 0 aliphatic rings. The number of nitrogens with zero attached hydrogens (tertiary/aromatic N) is 2. The lowest BCUT2D eigenvalue weighted by atomic mass is 10.1. The monoisotopic (exact) mass is 363 g/mol. The summed E-state index contributed by atoms with van der Waals surface area (Å²) in [4.78, 5) is 16.8. The summed E-state index contributed by atoms with van der Waals surface area (Å²) in [7, 11) is 0. The molecule has 6 heteroatoms. The Morgan fingerprint density at radius 3 is 2.59 bits per heavy atom. The summed E-state index contributed by atoms with van der Waals surface area (Å²) >= 11 is 0. The summed E-state index contributed by atoms with van der Waals surface area (Å²) in [6.45, 7) is 2.00. The number of carbonyl (C=O) groups is 1. The maximum absolute atomic E-state index is 13.7. The van der Waals surface area contributed by atoms with Gasteiger partial charge in [-0.05, 0) is 48.9 Å². The molecule has 0 bridgehead atoms. The first-order valence-corrected chi connectivity index (χ1v) is 8.32. The number of halogens is 2. The van der Waals surface area contributed by atoms with Crippen molar-refractivity contribution in [2.45, 2.75) is 6.92 Å². The lowest BCUT2D eigenvalue weighted by Gasteiger charge is -2.07. The third-order valence-corrected chi connectivity index (χ3v) is 4.29. The van der Waals surface area contributed by atoms with Crippen LogP contribution in [0.25, 0.3) is 16.9 Å². The fourth-order valence-corrected chi connectivity index (χ4v) is 2.89. The quantitative estimate of drug-likeness (QED) is 0.566. The Morgan fingerprint density at radius 1 is 1.07 bits per heavy atom. The first kappa shape index (κ1) is 16.9. The first-order valence-electron chi connectivity index (χ1n) is 8.32. The van der Waals surface area contributed by atoms with E-state index in [9.17, 15) is 13.6 Å². The van der Waals surface area contributed by atoms with Gasteiger partial charge in [0.1, 0.15) is 17.3 Å². The van der Waals surface area contributed by atoms with E-state index in [2.05, 4.69) is 10.3 Å². The van der Waals surface area contributed by atoms with Crippen LogP contribution < -0.4 is 5.32 Å². The van der Waals surface area contributed by atoms with Crippen molar-refractivity contribution in [3.63, 3.8) is 0 Å². The van der Waals surface area contributed by atoms with E-state index < -0.39 is 17.5 Å². The number of hydrogen-bond acceptors (Lipinski definition) is 2. The van der Waals surface area contributed by atoms with Crippen molar-refractivity contribution in [2.24, 2.45) is 0 Å². The molecule has 2 aromatic carbocycles. The van der Waals surface area contributed by atoms with Crippen molar-refractivity contribution < 1.29 is 13.6 Å². The number of rotatable bonds is 3. The molecule has 1 N–H and O–H groups in total. The molecule has 0 fully saturated rings. The molecule has 0 aliphatic carbocycles. The van der Waals surface area contributed by atoms with Crippen molar-refractivity contribution in [3.8, 4) is 11.3 Å². The molecular weight excluding hydrogens is 348 g/mol. The normalized spacial score (nSPS) is 10.9. The van der Waals surface area contributed by atoms with Gasteiger partial charge >= 0.3 is 0 Å². The van der Waals surface area contributed by atoms with E-state index in [1.54, 1.807) is 12.1 Å². The van der Waals surface area contributed by atoms with E-state index >= 15 is 0 Å². The van der Waals surface area contributed by atoms with Crippen molar-refractivity contribution >= 4 is 17.2 Å². The van der Waals surface area contributed by atoms with Gasteiger partial charge in [0.2, 0.25) is 0 Å². The standard InChI is InChI=1S/C21H15F2N3O/c1-13-3-2-10-26-12-19(25-20(13)26)14-4-7-16(8-5-14)24-21(27)17-11-15(22)6-9-18(17)23/h2-12H,1H3,(H,24,27). The van der Waals surface area contributed by atoms with Gasteiger partial charge in [0.25, 0.3) is 5.91 Å². The molecular formula is C21H15F2N3O. The number of hydrogen-bond donors (Lipinski definition) is 1. The van der Waals surface area contributed by atoms with Gasteiger partial charge in [0, 0.05) is 23.6 Å². The Kier molecular flexibility index (Phi) is 4.16. The summed E-state index contributed by atoms with van der Waals surface area (Å²) in [5.41, 5.74) is 3.78. The van der Waals surface area contributed by atoms with Gasteiger partial charge < -0.3 is 9.72 Å². The SMILES string of the molecule is Cc1cccn2cc(-c3ccc(NC(=O)c4cc(F)ccc4F)cc3)nc12. The minimum Gasteiger partial charge on any atom is -0.322 e. The average Bonchev–Trinajstić information content (AvgIpc) is 3.10. The maximum Gasteiger partial charge on any atom is 0.258 e. The second-order valence-corrected chi connectivity index (χ2v) is 6.20. The van der Waals surface area contributed by atoms with Crippen LogP contribution in [0.4, 0.5) is 14.5 Å². The van der Waals surface area contributed by atoms with Gasteiger partial charge in [-0.2, -0.15) is 0 Å². The summed E-state index contributed by atoms with van der Waals surface area (Å²) in [6.07, 6.45) is 3.86. The molecule has 0 spiro atoms. The van der Waals surface area contributed by atoms with E-state index in [1.165, 1.54) is 0 Å². The van der Waals surface area contributed by atoms with E-state index in [1.807, 2.05) is 48.0 Å². The van der Waals surface area contributed by atoms with Gasteiger partial charge in [-0.3, -0.25) is 4.79 Å². The average molecular weight is 363 g/mol. The lowest BCUT2D eigenvalue weighted by molar-refractivity contribution is 0.102. The molecule has 0 saturated carbocycles. The van der Waals surface area contributed by atoms with Gasteiger partial charge in [-0.25, -0.2) is 13.8 Å². The maximum atomic E-state index is 13.7. The van der Waals surface area contributed by atoms with Crippen molar-refractivity contribution in [2.75, 3.05) is 5.32 Å². The Balaban J connectivity index is 1.57. The number of imidazole rings is 1. The van der Waals surface area contributed by atoms with Crippen LogP contribution in [0.3, 0.4) is 0 Å². The highest BCUT2D eigenvalue weighted by Crippen LogP contribution is 2.23. The molecule has 1 amide bonds. The number of fused-ring (bicyclic) bond motifs is 1. The molecule has 0 atom stereocenters. The van der Waals surface area contributed by atoms with E-state index in [0.717, 1.165) is 40.7 Å². The Bertz CT molecular complexity index is 1150. The van der Waals surface area contributed by atoms with Gasteiger partial charge in [0.15, 0.2) is 0 Å². The molecule has 0 saturated heterocycles. The molecule has 2 heterocycles.